The molecule has 0 aliphatic heterocycles. The van der Waals surface area contributed by atoms with E-state index in [0.717, 1.165) is 15.6 Å². The van der Waals surface area contributed by atoms with Gasteiger partial charge in [-0.3, -0.25) is 9.97 Å². The molecule has 0 saturated carbocycles. The van der Waals surface area contributed by atoms with E-state index < -0.39 is 0 Å². The minimum Gasteiger partial charge on any atom is -0.505 e. The minimum absolute atomic E-state index is 0.174. The number of aromatic nitrogens is 2. The van der Waals surface area contributed by atoms with E-state index in [1.54, 1.807) is 24.7 Å². The Hall–Kier alpha value is -0.660. The average molecular weight is 485 g/mol. The van der Waals surface area contributed by atoms with Crippen LogP contribution in [0.15, 0.2) is 45.9 Å². The van der Waals surface area contributed by atoms with Crippen LogP contribution in [0.2, 0.25) is 0 Å². The lowest BCUT2D eigenvalue weighted by atomic mass is 10.5. The number of hydrogen-bond acceptors (Lipinski definition) is 4. The Labute approximate surface area is 150 Å². The summed E-state index contributed by atoms with van der Waals surface area (Å²) >= 11 is 9.58. The van der Waals surface area contributed by atoms with Gasteiger partial charge in [0.25, 0.3) is 0 Å². The molecule has 2 aromatic rings. The quantitative estimate of drug-likeness (QED) is 0.596. The van der Waals surface area contributed by atoms with E-state index in [1.807, 2.05) is 19.9 Å². The molecule has 7 heteroatoms. The van der Waals surface area contributed by atoms with Gasteiger partial charge in [0.15, 0.2) is 5.75 Å². The first-order valence-corrected chi connectivity index (χ1v) is 8.84. The Bertz CT molecular complexity index is 492. The summed E-state index contributed by atoms with van der Waals surface area (Å²) in [4.78, 5) is 7.57. The molecule has 0 spiro atoms. The van der Waals surface area contributed by atoms with Gasteiger partial charge < -0.3 is 9.84 Å². The number of halogens is 3. The Morgan fingerprint density at radius 2 is 1.57 bits per heavy atom. The number of alkyl halides is 1. The van der Waals surface area contributed by atoms with Crippen molar-refractivity contribution in [1.82, 2.24) is 9.97 Å². The van der Waals surface area contributed by atoms with Gasteiger partial charge in [-0.15, -0.1) is 0 Å². The molecule has 0 fully saturated rings. The van der Waals surface area contributed by atoms with Crippen molar-refractivity contribution in [3.05, 3.63) is 45.9 Å². The van der Waals surface area contributed by atoms with Gasteiger partial charge in [-0.25, -0.2) is 0 Å². The molecule has 2 heterocycles. The highest BCUT2D eigenvalue weighted by atomic mass is 79.9. The van der Waals surface area contributed by atoms with Crippen LogP contribution in [0.1, 0.15) is 13.8 Å². The highest BCUT2D eigenvalue weighted by Gasteiger charge is 1.96. The van der Waals surface area contributed by atoms with Crippen molar-refractivity contribution in [2.24, 2.45) is 0 Å². The third kappa shape index (κ3) is 9.82. The Kier molecular flexibility index (Phi) is 12.6. The fourth-order valence-corrected chi connectivity index (χ4v) is 1.55. The zero-order valence-electron chi connectivity index (χ0n) is 11.8. The molecule has 0 aliphatic rings. The molecule has 0 amide bonds. The molecule has 2 aromatic heterocycles. The van der Waals surface area contributed by atoms with Gasteiger partial charge in [-0.05, 0) is 50.9 Å². The van der Waals surface area contributed by atoms with Crippen LogP contribution in [0.3, 0.4) is 0 Å². The van der Waals surface area contributed by atoms with Crippen molar-refractivity contribution >= 4 is 47.8 Å². The third-order valence-corrected chi connectivity index (χ3v) is 3.11. The van der Waals surface area contributed by atoms with Crippen molar-refractivity contribution in [3.8, 4) is 11.5 Å². The first kappa shape index (κ1) is 20.3. The normalized spacial score (nSPS) is 8.81. The predicted molar refractivity (Wildman–Crippen MR) is 96.2 cm³/mol. The summed E-state index contributed by atoms with van der Waals surface area (Å²) in [7, 11) is 0. The largest absolute Gasteiger partial charge is 0.505 e. The van der Waals surface area contributed by atoms with Crippen LogP contribution in [0.25, 0.3) is 0 Å². The van der Waals surface area contributed by atoms with Crippen LogP contribution in [0, 0.1) is 0 Å². The van der Waals surface area contributed by atoms with Crippen LogP contribution in [-0.2, 0) is 0 Å². The molecular formula is C14H17Br3N2O2. The molecule has 0 saturated heterocycles. The summed E-state index contributed by atoms with van der Waals surface area (Å²) in [5.74, 6) is 0.970. The lowest BCUT2D eigenvalue weighted by Crippen LogP contribution is -1.92. The molecule has 0 bridgehead atoms. The maximum atomic E-state index is 8.81. The lowest BCUT2D eigenvalue weighted by Gasteiger charge is -2.02. The highest BCUT2D eigenvalue weighted by molar-refractivity contribution is 9.11. The van der Waals surface area contributed by atoms with Crippen molar-refractivity contribution in [2.45, 2.75) is 13.8 Å². The monoisotopic (exact) mass is 482 g/mol. The van der Waals surface area contributed by atoms with Crippen molar-refractivity contribution in [3.63, 3.8) is 0 Å². The predicted octanol–water partition coefficient (Wildman–Crippen LogP) is 5.19. The third-order valence-electron chi connectivity index (χ3n) is 1.78. The fraction of sp³-hybridized carbons (Fsp3) is 0.286. The second kappa shape index (κ2) is 13.0. The number of ether oxygens (including phenoxy) is 1. The zero-order chi connectivity index (χ0) is 16.1. The van der Waals surface area contributed by atoms with Gasteiger partial charge >= 0.3 is 0 Å². The van der Waals surface area contributed by atoms with E-state index in [2.05, 4.69) is 57.8 Å². The molecule has 0 unspecified atom stereocenters. The minimum atomic E-state index is 0.174. The van der Waals surface area contributed by atoms with Crippen LogP contribution in [-0.4, -0.2) is 27.0 Å². The van der Waals surface area contributed by atoms with Crippen LogP contribution in [0.5, 0.6) is 11.5 Å². The van der Waals surface area contributed by atoms with Gasteiger partial charge in [0, 0.05) is 17.7 Å². The molecule has 1 N–H and O–H groups in total. The summed E-state index contributed by atoms with van der Waals surface area (Å²) in [6, 6.07) is 3.53. The van der Waals surface area contributed by atoms with Gasteiger partial charge in [0.05, 0.1) is 27.9 Å². The van der Waals surface area contributed by atoms with Gasteiger partial charge in [-0.1, -0.05) is 22.9 Å². The number of hydrogen-bond donors (Lipinski definition) is 1. The molecule has 21 heavy (non-hydrogen) atoms. The molecule has 0 aliphatic carbocycles. The zero-order valence-corrected chi connectivity index (χ0v) is 16.5. The Balaban J connectivity index is 0.000000327. The number of rotatable bonds is 2. The summed E-state index contributed by atoms with van der Waals surface area (Å²) in [5.41, 5.74) is 0. The first-order chi connectivity index (χ1) is 10.1. The number of nitrogens with zero attached hydrogens (tertiary/aromatic N) is 2. The van der Waals surface area contributed by atoms with E-state index in [0.29, 0.717) is 11.1 Å². The average Bonchev–Trinajstić information content (AvgIpc) is 2.47. The van der Waals surface area contributed by atoms with E-state index in [1.165, 1.54) is 6.20 Å². The number of pyridine rings is 2. The standard InChI is InChI=1S/C7H8BrNO.C5H4BrNO.C2H5Br/c1-2-10-7-5-9-4-3-6(7)8;6-4-1-2-7-3-5(4)8;1-2-3/h3-5H,2H2,1H3;1-3,8H;2H2,1H3. The highest BCUT2D eigenvalue weighted by Crippen LogP contribution is 2.22. The van der Waals surface area contributed by atoms with E-state index in [-0.39, 0.29) is 5.75 Å². The molecule has 116 valence electrons. The Morgan fingerprint density at radius 3 is 1.95 bits per heavy atom. The first-order valence-electron chi connectivity index (χ1n) is 6.13. The van der Waals surface area contributed by atoms with Crippen LogP contribution >= 0.6 is 47.8 Å². The molecular weight excluding hydrogens is 468 g/mol. The summed E-state index contributed by atoms with van der Waals surface area (Å²) in [6.07, 6.45) is 6.38. The second-order valence-electron chi connectivity index (χ2n) is 3.33. The van der Waals surface area contributed by atoms with Crippen LogP contribution < -0.4 is 4.74 Å². The van der Waals surface area contributed by atoms with Gasteiger partial charge in [0.2, 0.25) is 0 Å². The summed E-state index contributed by atoms with van der Waals surface area (Å²) < 4.78 is 6.85. The maximum Gasteiger partial charge on any atom is 0.151 e. The number of aromatic hydroxyl groups is 1. The SMILES string of the molecule is CCBr.CCOc1cnccc1Br.Oc1cnccc1Br. The molecule has 4 nitrogen and oxygen atoms in total. The summed E-state index contributed by atoms with van der Waals surface area (Å²) in [6.45, 7) is 4.66. The topological polar surface area (TPSA) is 55.2 Å². The van der Waals surface area contributed by atoms with Crippen molar-refractivity contribution in [1.29, 1.82) is 0 Å². The fourth-order valence-electron chi connectivity index (χ4n) is 0.994. The van der Waals surface area contributed by atoms with Crippen molar-refractivity contribution < 1.29 is 9.84 Å². The molecule has 0 atom stereocenters. The lowest BCUT2D eigenvalue weighted by molar-refractivity contribution is 0.336. The van der Waals surface area contributed by atoms with E-state index in [9.17, 15) is 0 Å². The van der Waals surface area contributed by atoms with Gasteiger partial charge in [0.1, 0.15) is 5.75 Å². The second-order valence-corrected chi connectivity index (χ2v) is 6.16. The maximum absolute atomic E-state index is 8.81. The molecule has 0 radical (unpaired) electrons. The molecule has 2 rings (SSSR count). The van der Waals surface area contributed by atoms with E-state index in [4.69, 9.17) is 9.84 Å². The van der Waals surface area contributed by atoms with Crippen LogP contribution in [0.4, 0.5) is 0 Å². The molecule has 0 aromatic carbocycles. The summed E-state index contributed by atoms with van der Waals surface area (Å²) in [5, 5.41) is 9.87. The smallest absolute Gasteiger partial charge is 0.151 e. The van der Waals surface area contributed by atoms with Gasteiger partial charge in [-0.2, -0.15) is 0 Å². The Morgan fingerprint density at radius 1 is 1.05 bits per heavy atom. The van der Waals surface area contributed by atoms with Crippen molar-refractivity contribution in [2.75, 3.05) is 11.9 Å². The van der Waals surface area contributed by atoms with E-state index >= 15 is 0 Å².